The summed E-state index contributed by atoms with van der Waals surface area (Å²) in [5.74, 6) is 0.145. The number of piperazine rings is 1. The molecule has 5 heterocycles. The molecule has 5 aromatic rings. The standard InChI is InChI=1S/C48H53ClN6O8S/c1-48(2)13-9-35(42(27-48)33-3-5-36(49)6-4-33)29-53-15-17-54(18-16-53)37-7-8-40(45(24-37)63-38-23-34-10-14-50-46(34)51-28-38)47(56)52-64(59,60)39-25-43(55(57)58)41-22-32(30-62-44(41)26-39)21-31-11-19-61-20-12-31/h3-8,10,14,23-26,28,31-32H,9,11-13,15-22,27,29-30H2,1-2H3,(H,50,51)(H,52,56)/t32-/m0/s1. The van der Waals surface area contributed by atoms with Gasteiger partial charge in [0.05, 0.1) is 33.7 Å². The quantitative estimate of drug-likeness (QED) is 0.0904. The second-order valence-corrected chi connectivity index (χ2v) is 20.5. The lowest BCUT2D eigenvalue weighted by atomic mass is 9.72. The number of halogens is 1. The number of allylic oxidation sites excluding steroid dienone is 1. The van der Waals surface area contributed by atoms with E-state index < -0.39 is 25.7 Å². The van der Waals surface area contributed by atoms with Crippen LogP contribution in [0.2, 0.25) is 5.02 Å². The molecule has 1 aliphatic carbocycles. The van der Waals surface area contributed by atoms with Gasteiger partial charge in [0.25, 0.3) is 21.6 Å². The Morgan fingerprint density at radius 1 is 1.03 bits per heavy atom. The number of fused-ring (bicyclic) bond motifs is 2. The molecule has 1 atom stereocenters. The Morgan fingerprint density at radius 3 is 2.58 bits per heavy atom. The zero-order valence-electron chi connectivity index (χ0n) is 36.1. The number of amides is 1. The maximum absolute atomic E-state index is 14.1. The molecule has 2 N–H and O–H groups in total. The van der Waals surface area contributed by atoms with Gasteiger partial charge in [0.15, 0.2) is 0 Å². The maximum Gasteiger partial charge on any atom is 0.277 e. The van der Waals surface area contributed by atoms with Crippen molar-refractivity contribution in [1.82, 2.24) is 19.6 Å². The topological polar surface area (TPSA) is 169 Å². The van der Waals surface area contributed by atoms with E-state index in [2.05, 4.69) is 50.5 Å². The number of nitrogens with zero attached hydrogens (tertiary/aromatic N) is 4. The Morgan fingerprint density at radius 2 is 1.81 bits per heavy atom. The first kappa shape index (κ1) is 43.8. The van der Waals surface area contributed by atoms with Crippen LogP contribution in [0.5, 0.6) is 17.2 Å². The minimum absolute atomic E-state index is 0.0401. The summed E-state index contributed by atoms with van der Waals surface area (Å²) in [4.78, 5) is 37.6. The van der Waals surface area contributed by atoms with Gasteiger partial charge >= 0.3 is 0 Å². The van der Waals surface area contributed by atoms with Crippen LogP contribution in [0.15, 0.2) is 89.6 Å². The molecule has 0 unspecified atom stereocenters. The number of hydrogen-bond donors (Lipinski definition) is 2. The number of aromatic amines is 1. The van der Waals surface area contributed by atoms with Crippen molar-refractivity contribution in [3.05, 3.63) is 117 Å². The lowest BCUT2D eigenvalue weighted by Crippen LogP contribution is -2.47. The number of sulfonamides is 1. The average molecular weight is 910 g/mol. The normalized spacial score (nSPS) is 19.5. The third-order valence-electron chi connectivity index (χ3n) is 13.2. The van der Waals surface area contributed by atoms with Crippen LogP contribution < -0.4 is 19.1 Å². The van der Waals surface area contributed by atoms with Gasteiger partial charge in [-0.05, 0) is 110 Å². The molecule has 1 amide bonds. The van der Waals surface area contributed by atoms with Crippen LogP contribution in [0.25, 0.3) is 16.6 Å². The van der Waals surface area contributed by atoms with E-state index in [9.17, 15) is 23.3 Å². The van der Waals surface area contributed by atoms with E-state index in [1.807, 2.05) is 18.2 Å². The Bertz CT molecular complexity index is 2710. The second-order valence-electron chi connectivity index (χ2n) is 18.3. The molecule has 0 saturated carbocycles. The number of nitro groups is 1. The minimum atomic E-state index is -4.62. The van der Waals surface area contributed by atoms with Crippen molar-refractivity contribution < 1.29 is 32.3 Å². The summed E-state index contributed by atoms with van der Waals surface area (Å²) in [7, 11) is -4.62. The first-order chi connectivity index (χ1) is 30.8. The number of anilines is 1. The fourth-order valence-electron chi connectivity index (χ4n) is 9.63. The first-order valence-electron chi connectivity index (χ1n) is 22.1. The highest BCUT2D eigenvalue weighted by atomic mass is 35.5. The number of aromatic nitrogens is 2. The lowest BCUT2D eigenvalue weighted by molar-refractivity contribution is -0.386. The van der Waals surface area contributed by atoms with Crippen LogP contribution in [-0.4, -0.2) is 86.7 Å². The predicted octanol–water partition coefficient (Wildman–Crippen LogP) is 9.19. The van der Waals surface area contributed by atoms with Gasteiger partial charge in [-0.25, -0.2) is 18.1 Å². The Hall–Kier alpha value is -5.48. The molecule has 14 nitrogen and oxygen atoms in total. The van der Waals surface area contributed by atoms with E-state index in [4.69, 9.17) is 25.8 Å². The smallest absolute Gasteiger partial charge is 0.277 e. The number of benzene rings is 3. The molecule has 3 aliphatic heterocycles. The van der Waals surface area contributed by atoms with Crippen molar-refractivity contribution >= 4 is 55.5 Å². The molecular formula is C48H53ClN6O8S. The van der Waals surface area contributed by atoms with E-state index in [1.54, 1.807) is 30.5 Å². The molecule has 0 spiro atoms. The fourth-order valence-corrected chi connectivity index (χ4v) is 10.8. The number of rotatable bonds is 12. The SMILES string of the molecule is CC1(C)CCC(CN2CCN(c3ccc(C(=O)NS(=O)(=O)c4cc5c(c([N+](=O)[O-])c4)C[C@H](CC4CCOCC4)CO5)c(Oc4cnc5[nH]ccc5c4)c3)CC2)=C(c2ccc(Cl)cc2)C1. The fraction of sp³-hybridized carbons (Fsp3) is 0.417. The number of nitro benzene ring substituents is 1. The van der Waals surface area contributed by atoms with Crippen LogP contribution in [0.3, 0.4) is 0 Å². The molecule has 0 radical (unpaired) electrons. The number of carbonyl (C=O) groups is 1. The van der Waals surface area contributed by atoms with Crippen molar-refractivity contribution in [2.24, 2.45) is 17.3 Å². The molecule has 3 aromatic carbocycles. The highest BCUT2D eigenvalue weighted by molar-refractivity contribution is 7.90. The average Bonchev–Trinajstić information content (AvgIpc) is 3.75. The molecule has 0 bridgehead atoms. The molecular weight excluding hydrogens is 856 g/mol. The summed E-state index contributed by atoms with van der Waals surface area (Å²) in [5, 5.41) is 13.9. The van der Waals surface area contributed by atoms with Crippen LogP contribution in [0.1, 0.15) is 73.9 Å². The van der Waals surface area contributed by atoms with Gasteiger partial charge in [-0.15, -0.1) is 0 Å². The Labute approximate surface area is 378 Å². The van der Waals surface area contributed by atoms with E-state index in [1.165, 1.54) is 29.0 Å². The number of pyridine rings is 1. The van der Waals surface area contributed by atoms with Gasteiger partial charge in [-0.2, -0.15) is 0 Å². The summed E-state index contributed by atoms with van der Waals surface area (Å²) in [6.45, 7) is 10.3. The van der Waals surface area contributed by atoms with Gasteiger partial charge in [0.2, 0.25) is 0 Å². The summed E-state index contributed by atoms with van der Waals surface area (Å²) >= 11 is 6.25. The van der Waals surface area contributed by atoms with Crippen molar-refractivity contribution in [2.75, 3.05) is 57.4 Å². The van der Waals surface area contributed by atoms with Crippen molar-refractivity contribution in [1.29, 1.82) is 0 Å². The Kier molecular flexibility index (Phi) is 12.4. The van der Waals surface area contributed by atoms with Crippen LogP contribution in [0, 0.1) is 27.4 Å². The molecule has 4 aliphatic rings. The third kappa shape index (κ3) is 9.77. The largest absolute Gasteiger partial charge is 0.493 e. The van der Waals surface area contributed by atoms with Crippen LogP contribution >= 0.6 is 11.6 Å². The van der Waals surface area contributed by atoms with Gasteiger partial charge in [-0.3, -0.25) is 19.8 Å². The predicted molar refractivity (Wildman–Crippen MR) is 246 cm³/mol. The molecule has 2 saturated heterocycles. The van der Waals surface area contributed by atoms with Gasteiger partial charge in [-0.1, -0.05) is 43.2 Å². The highest BCUT2D eigenvalue weighted by Gasteiger charge is 2.34. The molecule has 9 rings (SSSR count). The van der Waals surface area contributed by atoms with Gasteiger partial charge in [0.1, 0.15) is 22.9 Å². The number of H-pyrrole nitrogens is 1. The van der Waals surface area contributed by atoms with Crippen molar-refractivity contribution in [3.63, 3.8) is 0 Å². The summed E-state index contributed by atoms with van der Waals surface area (Å²) in [6.07, 6.45) is 9.58. The molecule has 16 heteroatoms. The van der Waals surface area contributed by atoms with E-state index in [0.717, 1.165) is 93.4 Å². The zero-order valence-corrected chi connectivity index (χ0v) is 37.7. The number of carbonyl (C=O) groups excluding carboxylic acids is 1. The number of hydrogen-bond acceptors (Lipinski definition) is 11. The van der Waals surface area contributed by atoms with Gasteiger partial charge in [0, 0.05) is 86.4 Å². The summed E-state index contributed by atoms with van der Waals surface area (Å²) in [5.41, 5.74) is 5.76. The summed E-state index contributed by atoms with van der Waals surface area (Å²) in [6, 6.07) is 19.2. The van der Waals surface area contributed by atoms with Crippen LogP contribution in [0.4, 0.5) is 11.4 Å². The highest BCUT2D eigenvalue weighted by Crippen LogP contribution is 2.44. The van der Waals surface area contributed by atoms with Crippen molar-refractivity contribution in [2.45, 2.75) is 63.7 Å². The maximum atomic E-state index is 14.1. The van der Waals surface area contributed by atoms with Crippen LogP contribution in [-0.2, 0) is 21.2 Å². The lowest BCUT2D eigenvalue weighted by Gasteiger charge is -2.39. The van der Waals surface area contributed by atoms with Gasteiger partial charge < -0.3 is 24.1 Å². The minimum Gasteiger partial charge on any atom is -0.493 e. The molecule has 336 valence electrons. The van der Waals surface area contributed by atoms with Crippen molar-refractivity contribution in [3.8, 4) is 17.2 Å². The summed E-state index contributed by atoms with van der Waals surface area (Å²) < 4.78 is 47.8. The second kappa shape index (κ2) is 18.2. The first-order valence-corrected chi connectivity index (χ1v) is 23.9. The third-order valence-corrected chi connectivity index (χ3v) is 14.8. The molecule has 64 heavy (non-hydrogen) atoms. The number of ether oxygens (including phenoxy) is 3. The zero-order chi connectivity index (χ0) is 44.6. The molecule has 2 fully saturated rings. The molecule has 2 aromatic heterocycles. The Balaban J connectivity index is 0.938. The number of nitrogens with one attached hydrogen (secondary N) is 2. The van der Waals surface area contributed by atoms with E-state index >= 15 is 0 Å². The van der Waals surface area contributed by atoms with E-state index in [-0.39, 0.29) is 34.1 Å². The van der Waals surface area contributed by atoms with E-state index in [0.29, 0.717) is 49.1 Å². The monoisotopic (exact) mass is 908 g/mol.